The lowest BCUT2D eigenvalue weighted by molar-refractivity contribution is -0.128. The number of aromatic nitrogens is 4. The van der Waals surface area contributed by atoms with Crippen molar-refractivity contribution in [2.75, 3.05) is 7.11 Å². The maximum absolute atomic E-state index is 14.5. The molecule has 3 amide bonds. The summed E-state index contributed by atoms with van der Waals surface area (Å²) in [7, 11) is 1.22. The van der Waals surface area contributed by atoms with Gasteiger partial charge in [0.2, 0.25) is 17.7 Å². The number of ether oxygens (including phenoxy) is 1. The van der Waals surface area contributed by atoms with Crippen LogP contribution in [-0.2, 0) is 33.7 Å². The van der Waals surface area contributed by atoms with Crippen LogP contribution in [0.1, 0.15) is 76.0 Å². The summed E-state index contributed by atoms with van der Waals surface area (Å²) in [5.41, 5.74) is 3.47. The summed E-state index contributed by atoms with van der Waals surface area (Å²) >= 11 is 0. The summed E-state index contributed by atoms with van der Waals surface area (Å²) in [6.45, 7) is 11.1. The lowest BCUT2D eigenvalue weighted by atomic mass is 9.85. The molecule has 3 heterocycles. The number of methoxy groups -OCH3 is 1. The number of hydrogen-bond acceptors (Lipinski definition) is 9. The fraction of sp³-hybridized carbons (Fsp3) is 0.404. The SMILES string of the molecule is CCC(C)[C@@H](C(=O)N[C@@H](Cc1ccccc1)C[C@H](O)[C@H](Cc1ccc(-c2ccccn2)cc1)NC(=O)[C@@H](NC(=O)OC)C(C)(C)C)n1cc(O)n(Cc2cccc(C)n2)c1=O. The van der Waals surface area contributed by atoms with E-state index in [1.54, 1.807) is 12.3 Å². The zero-order chi connectivity index (χ0) is 44.3. The summed E-state index contributed by atoms with van der Waals surface area (Å²) in [5.74, 6) is -1.61. The topological polar surface area (TPSA) is 190 Å². The summed E-state index contributed by atoms with van der Waals surface area (Å²) < 4.78 is 7.28. The zero-order valence-corrected chi connectivity index (χ0v) is 36.0. The number of aliphatic hydroxyl groups is 1. The van der Waals surface area contributed by atoms with Gasteiger partial charge < -0.3 is 30.9 Å². The molecule has 14 heteroatoms. The normalized spacial score (nSPS) is 14.5. The minimum atomic E-state index is -1.20. The number of nitrogens with one attached hydrogen (secondary N) is 3. The molecule has 5 aromatic rings. The Labute approximate surface area is 357 Å². The van der Waals surface area contributed by atoms with Gasteiger partial charge in [0.25, 0.3) is 0 Å². The number of rotatable bonds is 18. The molecule has 0 fully saturated rings. The highest BCUT2D eigenvalue weighted by Crippen LogP contribution is 2.26. The number of alkyl carbamates (subject to hydrolysis) is 1. The van der Waals surface area contributed by atoms with E-state index in [0.717, 1.165) is 28.1 Å². The number of carbonyl (C=O) groups excluding carboxylic acids is 3. The van der Waals surface area contributed by atoms with Crippen molar-refractivity contribution in [3.05, 3.63) is 136 Å². The molecule has 0 saturated carbocycles. The van der Waals surface area contributed by atoms with E-state index in [1.807, 2.05) is 126 Å². The highest BCUT2D eigenvalue weighted by atomic mass is 16.5. The van der Waals surface area contributed by atoms with Crippen LogP contribution in [0.4, 0.5) is 4.79 Å². The monoisotopic (exact) mass is 833 g/mol. The van der Waals surface area contributed by atoms with E-state index in [0.29, 0.717) is 18.5 Å². The third kappa shape index (κ3) is 12.4. The Balaban J connectivity index is 1.46. The molecule has 0 aliphatic rings. The van der Waals surface area contributed by atoms with E-state index < -0.39 is 59.3 Å². The number of carbonyl (C=O) groups is 3. The van der Waals surface area contributed by atoms with Crippen LogP contribution in [0.25, 0.3) is 11.3 Å². The first-order valence-electron chi connectivity index (χ1n) is 20.7. The average Bonchev–Trinajstić information content (AvgIpc) is 3.50. The second-order valence-electron chi connectivity index (χ2n) is 16.7. The number of aryl methyl sites for hydroxylation is 1. The van der Waals surface area contributed by atoms with Gasteiger partial charge in [0.1, 0.15) is 12.1 Å². The third-order valence-corrected chi connectivity index (χ3v) is 10.9. The Morgan fingerprint density at radius 3 is 2.16 bits per heavy atom. The number of benzene rings is 2. The summed E-state index contributed by atoms with van der Waals surface area (Å²) in [6, 6.07) is 24.7. The molecule has 0 aliphatic heterocycles. The van der Waals surface area contributed by atoms with Crippen LogP contribution < -0.4 is 21.6 Å². The van der Waals surface area contributed by atoms with Crippen molar-refractivity contribution in [1.82, 2.24) is 35.1 Å². The first-order chi connectivity index (χ1) is 29.1. The highest BCUT2D eigenvalue weighted by molar-refractivity contribution is 5.86. The predicted molar refractivity (Wildman–Crippen MR) is 234 cm³/mol. The van der Waals surface area contributed by atoms with E-state index >= 15 is 0 Å². The minimum absolute atomic E-state index is 0.00955. The van der Waals surface area contributed by atoms with Crippen molar-refractivity contribution in [3.63, 3.8) is 0 Å². The maximum Gasteiger partial charge on any atom is 0.407 e. The number of pyridine rings is 2. The Morgan fingerprint density at radius 2 is 1.54 bits per heavy atom. The quantitative estimate of drug-likeness (QED) is 0.0734. The van der Waals surface area contributed by atoms with Crippen molar-refractivity contribution < 1.29 is 29.3 Å². The fourth-order valence-corrected chi connectivity index (χ4v) is 7.40. The predicted octanol–water partition coefficient (Wildman–Crippen LogP) is 5.73. The first-order valence-corrected chi connectivity index (χ1v) is 20.7. The molecule has 14 nitrogen and oxygen atoms in total. The Hall–Kier alpha value is -6.28. The second kappa shape index (κ2) is 20.8. The molecule has 5 N–H and O–H groups in total. The van der Waals surface area contributed by atoms with Gasteiger partial charge in [0, 0.05) is 23.5 Å². The highest BCUT2D eigenvalue weighted by Gasteiger charge is 2.37. The standard InChI is InChI=1S/C47H59N7O7/c1-8-30(2)41(54-29-40(56)53(46(54)60)28-35-18-14-15-31(3)49-35)43(57)50-36(25-32-16-10-9-11-17-32)27-39(55)38(51-44(58)42(47(4,5)6)52-45(59)61-7)26-33-20-22-34(23-21-33)37-19-12-13-24-48-37/h9-24,29-30,36,38-39,41-42,55-56H,8,25-28H2,1-7H3,(H,50,57)(H,51,58)(H,52,59)/t30?,36-,38-,39-,41-,42+/m0/s1. The van der Waals surface area contributed by atoms with Crippen LogP contribution in [0.3, 0.4) is 0 Å². The van der Waals surface area contributed by atoms with Gasteiger partial charge in [-0.15, -0.1) is 0 Å². The van der Waals surface area contributed by atoms with Crippen molar-refractivity contribution >= 4 is 17.9 Å². The molecule has 0 spiro atoms. The van der Waals surface area contributed by atoms with Crippen molar-refractivity contribution in [1.29, 1.82) is 0 Å². The molecule has 6 atom stereocenters. The van der Waals surface area contributed by atoms with Gasteiger partial charge >= 0.3 is 11.8 Å². The largest absolute Gasteiger partial charge is 0.493 e. The smallest absolute Gasteiger partial charge is 0.407 e. The van der Waals surface area contributed by atoms with Gasteiger partial charge in [0.15, 0.2) is 0 Å². The number of nitrogens with zero attached hydrogens (tertiary/aromatic N) is 4. The van der Waals surface area contributed by atoms with Gasteiger partial charge in [-0.25, -0.2) is 9.59 Å². The lowest BCUT2D eigenvalue weighted by Crippen LogP contribution is -2.58. The molecule has 2 aromatic carbocycles. The molecular weight excluding hydrogens is 775 g/mol. The van der Waals surface area contributed by atoms with E-state index in [4.69, 9.17) is 4.74 Å². The minimum Gasteiger partial charge on any atom is -0.493 e. The first kappa shape index (κ1) is 45.8. The lowest BCUT2D eigenvalue weighted by Gasteiger charge is -2.34. The van der Waals surface area contributed by atoms with E-state index in [2.05, 4.69) is 25.9 Å². The van der Waals surface area contributed by atoms with Gasteiger partial charge in [-0.05, 0) is 72.9 Å². The van der Waals surface area contributed by atoms with Crippen LogP contribution in [0.2, 0.25) is 0 Å². The third-order valence-electron chi connectivity index (χ3n) is 10.9. The zero-order valence-electron chi connectivity index (χ0n) is 36.0. The van der Waals surface area contributed by atoms with Crippen LogP contribution in [0, 0.1) is 18.3 Å². The summed E-state index contributed by atoms with van der Waals surface area (Å²) in [4.78, 5) is 63.8. The average molecular weight is 834 g/mol. The molecule has 0 aliphatic carbocycles. The van der Waals surface area contributed by atoms with Gasteiger partial charge in [-0.2, -0.15) is 0 Å². The molecule has 61 heavy (non-hydrogen) atoms. The number of aliphatic hydroxyl groups excluding tert-OH is 1. The summed E-state index contributed by atoms with van der Waals surface area (Å²) in [6.07, 6.45) is 2.12. The summed E-state index contributed by atoms with van der Waals surface area (Å²) in [5, 5.41) is 32.0. The number of hydrogen-bond donors (Lipinski definition) is 5. The van der Waals surface area contributed by atoms with Crippen molar-refractivity contribution in [2.24, 2.45) is 11.3 Å². The molecule has 0 saturated heterocycles. The molecule has 0 radical (unpaired) electrons. The number of amides is 3. The van der Waals surface area contributed by atoms with E-state index in [-0.39, 0.29) is 31.2 Å². The number of imidazole rings is 1. The van der Waals surface area contributed by atoms with Gasteiger partial charge in [0.05, 0.1) is 43.4 Å². The van der Waals surface area contributed by atoms with E-state index in [1.165, 1.54) is 22.4 Å². The Kier molecular flexibility index (Phi) is 15.6. The number of aromatic hydroxyl groups is 1. The van der Waals surface area contributed by atoms with Crippen LogP contribution >= 0.6 is 0 Å². The van der Waals surface area contributed by atoms with Crippen LogP contribution in [-0.4, -0.2) is 78.6 Å². The fourth-order valence-electron chi connectivity index (χ4n) is 7.40. The maximum atomic E-state index is 14.5. The van der Waals surface area contributed by atoms with Gasteiger partial charge in [-0.3, -0.25) is 28.7 Å². The Bertz CT molecular complexity index is 2270. The van der Waals surface area contributed by atoms with Gasteiger partial charge in [-0.1, -0.05) is 108 Å². The molecule has 3 aromatic heterocycles. The molecule has 324 valence electrons. The van der Waals surface area contributed by atoms with Crippen molar-refractivity contribution in [2.45, 2.75) is 104 Å². The molecule has 1 unspecified atom stereocenters. The molecule has 0 bridgehead atoms. The van der Waals surface area contributed by atoms with Crippen molar-refractivity contribution in [3.8, 4) is 17.1 Å². The van der Waals surface area contributed by atoms with Crippen LogP contribution in [0.15, 0.2) is 108 Å². The molecular formula is C47H59N7O7. The van der Waals surface area contributed by atoms with E-state index in [9.17, 15) is 29.4 Å². The molecule has 5 rings (SSSR count). The Morgan fingerprint density at radius 1 is 0.852 bits per heavy atom. The van der Waals surface area contributed by atoms with Crippen LogP contribution in [0.5, 0.6) is 5.88 Å². The second-order valence-corrected chi connectivity index (χ2v) is 16.7.